The predicted molar refractivity (Wildman–Crippen MR) is 78.8 cm³/mol. The minimum absolute atomic E-state index is 0.564. The molecule has 6 heteroatoms. The maximum atomic E-state index is 5.25. The summed E-state index contributed by atoms with van der Waals surface area (Å²) in [5.74, 6) is 2.84. The molecule has 0 spiro atoms. The molecule has 1 aliphatic rings. The van der Waals surface area contributed by atoms with Gasteiger partial charge in [-0.1, -0.05) is 20.8 Å². The molecule has 0 aromatic carbocycles. The van der Waals surface area contributed by atoms with Crippen LogP contribution in [0.15, 0.2) is 10.7 Å². The lowest BCUT2D eigenvalue weighted by atomic mass is 10.1. The summed E-state index contributed by atoms with van der Waals surface area (Å²) in [5.41, 5.74) is 2.24. The van der Waals surface area contributed by atoms with Crippen LogP contribution in [0.3, 0.4) is 0 Å². The molecule has 21 heavy (non-hydrogen) atoms. The molecule has 112 valence electrons. The van der Waals surface area contributed by atoms with E-state index >= 15 is 0 Å². The molecule has 0 amide bonds. The van der Waals surface area contributed by atoms with Crippen molar-refractivity contribution < 1.29 is 4.52 Å². The van der Waals surface area contributed by atoms with E-state index in [4.69, 9.17) is 4.52 Å². The molecule has 3 rings (SSSR count). The van der Waals surface area contributed by atoms with E-state index in [1.54, 1.807) is 0 Å². The van der Waals surface area contributed by atoms with Gasteiger partial charge in [0, 0.05) is 31.1 Å². The van der Waals surface area contributed by atoms with E-state index in [2.05, 4.69) is 45.8 Å². The van der Waals surface area contributed by atoms with Gasteiger partial charge in [0.15, 0.2) is 0 Å². The van der Waals surface area contributed by atoms with Gasteiger partial charge < -0.3 is 9.42 Å². The zero-order valence-corrected chi connectivity index (χ0v) is 12.8. The smallest absolute Gasteiger partial charge is 0.266 e. The first-order chi connectivity index (χ1) is 10.2. The van der Waals surface area contributed by atoms with Crippen molar-refractivity contribution in [2.75, 3.05) is 4.90 Å². The molecule has 2 aromatic heterocycles. The summed E-state index contributed by atoms with van der Waals surface area (Å²) in [6, 6.07) is 0. The van der Waals surface area contributed by atoms with Crippen LogP contribution in [0.1, 0.15) is 50.2 Å². The van der Waals surface area contributed by atoms with Crippen LogP contribution < -0.4 is 4.90 Å². The monoisotopic (exact) mass is 287 g/mol. The SMILES string of the molecule is CCCc1nc(N2Cc3cnc(CC(C)C)nc3C2)no1. The number of hydrogen-bond acceptors (Lipinski definition) is 6. The first-order valence-electron chi connectivity index (χ1n) is 7.57. The number of anilines is 1. The van der Waals surface area contributed by atoms with Crippen molar-refractivity contribution in [3.8, 4) is 0 Å². The van der Waals surface area contributed by atoms with Gasteiger partial charge in [-0.15, -0.1) is 0 Å². The van der Waals surface area contributed by atoms with Crippen molar-refractivity contribution in [2.45, 2.75) is 53.1 Å². The van der Waals surface area contributed by atoms with Crippen LogP contribution in [0.4, 0.5) is 5.95 Å². The molecule has 2 aromatic rings. The maximum absolute atomic E-state index is 5.25. The Bertz CT molecular complexity index is 622. The van der Waals surface area contributed by atoms with Crippen molar-refractivity contribution in [3.05, 3.63) is 29.2 Å². The number of aromatic nitrogens is 4. The van der Waals surface area contributed by atoms with Gasteiger partial charge in [-0.2, -0.15) is 4.98 Å². The van der Waals surface area contributed by atoms with E-state index in [-0.39, 0.29) is 0 Å². The fourth-order valence-corrected chi connectivity index (χ4v) is 2.49. The first-order valence-corrected chi connectivity index (χ1v) is 7.57. The Balaban J connectivity index is 1.74. The zero-order chi connectivity index (χ0) is 14.8. The van der Waals surface area contributed by atoms with E-state index in [9.17, 15) is 0 Å². The van der Waals surface area contributed by atoms with Crippen molar-refractivity contribution in [3.63, 3.8) is 0 Å². The average molecular weight is 287 g/mol. The van der Waals surface area contributed by atoms with Crippen molar-refractivity contribution in [2.24, 2.45) is 5.92 Å². The van der Waals surface area contributed by atoms with E-state index in [1.165, 1.54) is 0 Å². The quantitative estimate of drug-likeness (QED) is 0.841. The largest absolute Gasteiger partial charge is 0.337 e. The predicted octanol–water partition coefficient (Wildman–Crippen LogP) is 2.53. The number of hydrogen-bond donors (Lipinski definition) is 0. The highest BCUT2D eigenvalue weighted by molar-refractivity contribution is 5.39. The summed E-state index contributed by atoms with van der Waals surface area (Å²) in [4.78, 5) is 15.6. The van der Waals surface area contributed by atoms with E-state index < -0.39 is 0 Å². The minimum Gasteiger partial charge on any atom is -0.337 e. The van der Waals surface area contributed by atoms with Gasteiger partial charge in [-0.25, -0.2) is 9.97 Å². The number of fused-ring (bicyclic) bond motifs is 1. The molecule has 0 bridgehead atoms. The standard InChI is InChI=1S/C15H21N5O/c1-4-5-14-18-15(19-21-14)20-8-11-7-16-13(6-10(2)3)17-12(11)9-20/h7,10H,4-6,8-9H2,1-3H3. The molecule has 0 N–H and O–H groups in total. The molecule has 0 fully saturated rings. The summed E-state index contributed by atoms with van der Waals surface area (Å²) in [6.07, 6.45) is 4.68. The van der Waals surface area contributed by atoms with Crippen molar-refractivity contribution in [1.29, 1.82) is 0 Å². The molecule has 0 saturated heterocycles. The van der Waals surface area contributed by atoms with Gasteiger partial charge in [-0.3, -0.25) is 0 Å². The molecule has 0 aliphatic carbocycles. The Morgan fingerprint density at radius 3 is 2.90 bits per heavy atom. The van der Waals surface area contributed by atoms with Crippen molar-refractivity contribution >= 4 is 5.95 Å². The second-order valence-corrected chi connectivity index (χ2v) is 5.95. The van der Waals surface area contributed by atoms with Gasteiger partial charge in [0.25, 0.3) is 5.95 Å². The van der Waals surface area contributed by atoms with Gasteiger partial charge in [-0.05, 0) is 17.5 Å². The normalized spacial score (nSPS) is 14.0. The third-order valence-electron chi connectivity index (χ3n) is 3.50. The van der Waals surface area contributed by atoms with E-state index in [1.807, 2.05) is 6.20 Å². The van der Waals surface area contributed by atoms with E-state index in [0.717, 1.165) is 49.4 Å². The molecular weight excluding hydrogens is 266 g/mol. The summed E-state index contributed by atoms with van der Waals surface area (Å²) >= 11 is 0. The van der Waals surface area contributed by atoms with Crippen LogP contribution in [0, 0.1) is 5.92 Å². The second kappa shape index (κ2) is 5.79. The van der Waals surface area contributed by atoms with Crippen LogP contribution in [-0.4, -0.2) is 20.1 Å². The van der Waals surface area contributed by atoms with Gasteiger partial charge >= 0.3 is 0 Å². The summed E-state index contributed by atoms with van der Waals surface area (Å²) in [7, 11) is 0. The molecular formula is C15H21N5O. The highest BCUT2D eigenvalue weighted by Gasteiger charge is 2.25. The molecule has 0 radical (unpaired) electrons. The highest BCUT2D eigenvalue weighted by Crippen LogP contribution is 2.25. The maximum Gasteiger partial charge on any atom is 0.266 e. The Labute approximate surface area is 124 Å². The number of aryl methyl sites for hydroxylation is 1. The lowest BCUT2D eigenvalue weighted by Crippen LogP contribution is -2.16. The highest BCUT2D eigenvalue weighted by atomic mass is 16.5. The summed E-state index contributed by atoms with van der Waals surface area (Å²) < 4.78 is 5.25. The third-order valence-corrected chi connectivity index (χ3v) is 3.50. The topological polar surface area (TPSA) is 67.9 Å². The van der Waals surface area contributed by atoms with Crippen LogP contribution in [0.25, 0.3) is 0 Å². The number of rotatable bonds is 5. The molecule has 0 saturated carbocycles. The zero-order valence-electron chi connectivity index (χ0n) is 12.8. The Morgan fingerprint density at radius 2 is 2.14 bits per heavy atom. The Kier molecular flexibility index (Phi) is 3.86. The molecule has 3 heterocycles. The second-order valence-electron chi connectivity index (χ2n) is 5.95. The Morgan fingerprint density at radius 1 is 1.29 bits per heavy atom. The van der Waals surface area contributed by atoms with Crippen LogP contribution in [-0.2, 0) is 25.9 Å². The summed E-state index contributed by atoms with van der Waals surface area (Å²) in [5, 5.41) is 4.06. The summed E-state index contributed by atoms with van der Waals surface area (Å²) in [6.45, 7) is 7.94. The molecule has 0 unspecified atom stereocenters. The lowest BCUT2D eigenvalue weighted by molar-refractivity contribution is 0.376. The van der Waals surface area contributed by atoms with Gasteiger partial charge in [0.2, 0.25) is 5.89 Å². The van der Waals surface area contributed by atoms with Crippen LogP contribution in [0.5, 0.6) is 0 Å². The number of nitrogens with zero attached hydrogens (tertiary/aromatic N) is 5. The van der Waals surface area contributed by atoms with Crippen LogP contribution >= 0.6 is 0 Å². The fourth-order valence-electron chi connectivity index (χ4n) is 2.49. The first kappa shape index (κ1) is 14.0. The van der Waals surface area contributed by atoms with Gasteiger partial charge in [0.1, 0.15) is 5.82 Å². The van der Waals surface area contributed by atoms with Gasteiger partial charge in [0.05, 0.1) is 12.2 Å². The molecule has 0 atom stereocenters. The Hall–Kier alpha value is -1.98. The molecule has 1 aliphatic heterocycles. The molecule has 6 nitrogen and oxygen atoms in total. The van der Waals surface area contributed by atoms with Crippen LogP contribution in [0.2, 0.25) is 0 Å². The average Bonchev–Trinajstić information content (AvgIpc) is 3.04. The minimum atomic E-state index is 0.564. The lowest BCUT2D eigenvalue weighted by Gasteiger charge is -2.09. The third kappa shape index (κ3) is 3.04. The fraction of sp³-hybridized carbons (Fsp3) is 0.600. The van der Waals surface area contributed by atoms with Crippen molar-refractivity contribution in [1.82, 2.24) is 20.1 Å². The van der Waals surface area contributed by atoms with E-state index in [0.29, 0.717) is 17.8 Å².